The van der Waals surface area contributed by atoms with Crippen LogP contribution in [-0.4, -0.2) is 0 Å². The molecule has 228 valence electrons. The highest BCUT2D eigenvalue weighted by atomic mass is 32.1. The molecule has 0 aliphatic rings. The highest BCUT2D eigenvalue weighted by Gasteiger charge is 2.19. The summed E-state index contributed by atoms with van der Waals surface area (Å²) >= 11 is 1.87. The van der Waals surface area contributed by atoms with E-state index >= 15 is 0 Å². The molecule has 11 rings (SSSR count). The van der Waals surface area contributed by atoms with Gasteiger partial charge in [0, 0.05) is 41.9 Å². The summed E-state index contributed by atoms with van der Waals surface area (Å²) in [5, 5.41) is 10.8. The Labute approximate surface area is 285 Å². The molecule has 11 aromatic rings. The molecule has 0 aliphatic heterocycles. The summed E-state index contributed by atoms with van der Waals surface area (Å²) in [6, 6.07) is 54.7. The van der Waals surface area contributed by atoms with Crippen LogP contribution in [-0.2, 0) is 0 Å². The first-order chi connectivity index (χ1) is 24.3. The van der Waals surface area contributed by atoms with E-state index in [9.17, 15) is 0 Å². The standard InChI is InChI=1S/C46H26O2S/c1-2-10-27(11-3-1)39-26-47-41-24-37-36-22-28(19-21-40(36)48-42(37)25-38(39)41)45-32-13-4-6-15-34(32)46(35-16-7-5-14-33(35)45)29-18-20-31-30-12-8-9-17-43(30)49-44(31)23-29/h1-26H. The Balaban J connectivity index is 1.14. The minimum absolute atomic E-state index is 0.857. The highest BCUT2D eigenvalue weighted by molar-refractivity contribution is 7.25. The lowest BCUT2D eigenvalue weighted by atomic mass is 9.85. The summed E-state index contributed by atoms with van der Waals surface area (Å²) < 4.78 is 15.2. The second-order valence-corrected chi connectivity index (χ2v) is 13.9. The molecule has 0 radical (unpaired) electrons. The molecule has 0 atom stereocenters. The fourth-order valence-electron chi connectivity index (χ4n) is 7.93. The zero-order valence-corrected chi connectivity index (χ0v) is 27.1. The number of hydrogen-bond donors (Lipinski definition) is 0. The van der Waals surface area contributed by atoms with Gasteiger partial charge in [-0.2, -0.15) is 0 Å². The maximum atomic E-state index is 6.48. The van der Waals surface area contributed by atoms with Crippen molar-refractivity contribution in [2.75, 3.05) is 0 Å². The zero-order chi connectivity index (χ0) is 32.1. The van der Waals surface area contributed by atoms with Crippen LogP contribution in [0, 0.1) is 0 Å². The average Bonchev–Trinajstić information content (AvgIpc) is 3.85. The predicted molar refractivity (Wildman–Crippen MR) is 208 cm³/mol. The lowest BCUT2D eigenvalue weighted by molar-refractivity contribution is 0.617. The summed E-state index contributed by atoms with van der Waals surface area (Å²) in [5.41, 5.74) is 9.71. The number of rotatable bonds is 3. The largest absolute Gasteiger partial charge is 0.464 e. The molecule has 0 saturated carbocycles. The van der Waals surface area contributed by atoms with Crippen molar-refractivity contribution in [2.45, 2.75) is 0 Å². The summed E-state index contributed by atoms with van der Waals surface area (Å²) in [4.78, 5) is 0. The van der Waals surface area contributed by atoms with Crippen LogP contribution >= 0.6 is 11.3 Å². The lowest BCUT2D eigenvalue weighted by Gasteiger charge is -2.18. The molecule has 3 heterocycles. The normalized spacial score (nSPS) is 12.1. The molecule has 3 aromatic heterocycles. The number of benzene rings is 8. The minimum atomic E-state index is 0.857. The molecule has 0 bridgehead atoms. The van der Waals surface area contributed by atoms with Gasteiger partial charge in [0.05, 0.1) is 6.26 Å². The predicted octanol–water partition coefficient (Wildman–Crippen LogP) is 14.0. The van der Waals surface area contributed by atoms with E-state index in [1.165, 1.54) is 64.0 Å². The summed E-state index contributed by atoms with van der Waals surface area (Å²) in [6.45, 7) is 0. The lowest BCUT2D eigenvalue weighted by Crippen LogP contribution is -1.90. The van der Waals surface area contributed by atoms with Gasteiger partial charge in [-0.25, -0.2) is 0 Å². The smallest absolute Gasteiger partial charge is 0.136 e. The van der Waals surface area contributed by atoms with Crippen molar-refractivity contribution >= 4 is 86.0 Å². The number of fused-ring (bicyclic) bond motifs is 9. The number of furan rings is 2. The Morgan fingerprint density at radius 1 is 0.347 bits per heavy atom. The molecule has 3 heteroatoms. The Hall–Kier alpha value is -6.16. The van der Waals surface area contributed by atoms with Crippen molar-refractivity contribution in [3.63, 3.8) is 0 Å². The fraction of sp³-hybridized carbons (Fsp3) is 0. The molecule has 0 N–H and O–H groups in total. The van der Waals surface area contributed by atoms with E-state index in [1.54, 1.807) is 0 Å². The van der Waals surface area contributed by atoms with Gasteiger partial charge < -0.3 is 8.83 Å². The second-order valence-electron chi connectivity index (χ2n) is 12.8. The molecule has 2 nitrogen and oxygen atoms in total. The van der Waals surface area contributed by atoms with E-state index in [0.29, 0.717) is 0 Å². The van der Waals surface area contributed by atoms with E-state index in [2.05, 4.69) is 146 Å². The van der Waals surface area contributed by atoms with Gasteiger partial charge in [0.25, 0.3) is 0 Å². The van der Waals surface area contributed by atoms with E-state index < -0.39 is 0 Å². The summed E-state index contributed by atoms with van der Waals surface area (Å²) in [5.74, 6) is 0. The summed E-state index contributed by atoms with van der Waals surface area (Å²) in [7, 11) is 0. The average molecular weight is 643 g/mol. The van der Waals surface area contributed by atoms with Crippen LogP contribution < -0.4 is 0 Å². The fourth-order valence-corrected chi connectivity index (χ4v) is 9.07. The summed E-state index contributed by atoms with van der Waals surface area (Å²) in [6.07, 6.45) is 1.85. The van der Waals surface area contributed by atoms with Crippen LogP contribution in [0.1, 0.15) is 0 Å². The molecule has 0 unspecified atom stereocenters. The Bertz CT molecular complexity index is 3050. The third kappa shape index (κ3) is 3.94. The van der Waals surface area contributed by atoms with Gasteiger partial charge in [0.1, 0.15) is 16.7 Å². The van der Waals surface area contributed by atoms with Gasteiger partial charge >= 0.3 is 0 Å². The minimum Gasteiger partial charge on any atom is -0.464 e. The molecule has 49 heavy (non-hydrogen) atoms. The van der Waals surface area contributed by atoms with Crippen molar-refractivity contribution in [1.29, 1.82) is 0 Å². The van der Waals surface area contributed by atoms with Crippen LogP contribution in [0.2, 0.25) is 0 Å². The van der Waals surface area contributed by atoms with Gasteiger partial charge in [0.2, 0.25) is 0 Å². The van der Waals surface area contributed by atoms with Crippen LogP contribution in [0.4, 0.5) is 0 Å². The maximum absolute atomic E-state index is 6.48. The van der Waals surface area contributed by atoms with Crippen LogP contribution in [0.3, 0.4) is 0 Å². The molecule has 0 spiro atoms. The molecule has 0 amide bonds. The first-order valence-electron chi connectivity index (χ1n) is 16.6. The molecule has 8 aromatic carbocycles. The van der Waals surface area contributed by atoms with Crippen molar-refractivity contribution in [3.8, 4) is 33.4 Å². The first kappa shape index (κ1) is 26.9. The van der Waals surface area contributed by atoms with E-state index in [0.717, 1.165) is 44.0 Å². The van der Waals surface area contributed by atoms with Gasteiger partial charge in [-0.3, -0.25) is 0 Å². The number of hydrogen-bond acceptors (Lipinski definition) is 3. The highest BCUT2D eigenvalue weighted by Crippen LogP contribution is 2.46. The first-order valence-corrected chi connectivity index (χ1v) is 17.4. The van der Waals surface area contributed by atoms with Crippen LogP contribution in [0.5, 0.6) is 0 Å². The van der Waals surface area contributed by atoms with Crippen LogP contribution in [0.15, 0.2) is 167 Å². The number of thiophene rings is 1. The van der Waals surface area contributed by atoms with Gasteiger partial charge in [-0.1, -0.05) is 115 Å². The van der Waals surface area contributed by atoms with E-state index in [-0.39, 0.29) is 0 Å². The quantitative estimate of drug-likeness (QED) is 0.179. The van der Waals surface area contributed by atoms with E-state index in [1.807, 2.05) is 23.7 Å². The SMILES string of the molecule is c1ccc(-c2coc3cc4c(cc23)oc2ccc(-c3c5ccccc5c(-c5ccc6c(c5)sc5ccccc56)c5ccccc35)cc24)cc1. The van der Waals surface area contributed by atoms with Gasteiger partial charge in [-0.15, -0.1) is 11.3 Å². The van der Waals surface area contributed by atoms with Crippen molar-refractivity contribution in [2.24, 2.45) is 0 Å². The Kier molecular flexibility index (Phi) is 5.57. The third-order valence-electron chi connectivity index (χ3n) is 10.1. The molecular formula is C46H26O2S. The molecular weight excluding hydrogens is 617 g/mol. The van der Waals surface area contributed by atoms with Gasteiger partial charge in [-0.05, 0) is 85.8 Å². The molecule has 0 aliphatic carbocycles. The second kappa shape index (κ2) is 10.2. The van der Waals surface area contributed by atoms with E-state index in [4.69, 9.17) is 8.83 Å². The zero-order valence-electron chi connectivity index (χ0n) is 26.2. The van der Waals surface area contributed by atoms with Crippen molar-refractivity contribution in [3.05, 3.63) is 158 Å². The maximum Gasteiger partial charge on any atom is 0.136 e. The Morgan fingerprint density at radius 2 is 0.918 bits per heavy atom. The monoisotopic (exact) mass is 642 g/mol. The molecule has 0 saturated heterocycles. The van der Waals surface area contributed by atoms with Crippen molar-refractivity contribution in [1.82, 2.24) is 0 Å². The Morgan fingerprint density at radius 3 is 1.65 bits per heavy atom. The van der Waals surface area contributed by atoms with Crippen molar-refractivity contribution < 1.29 is 8.83 Å². The molecule has 0 fully saturated rings. The topological polar surface area (TPSA) is 26.3 Å². The van der Waals surface area contributed by atoms with Gasteiger partial charge in [0.15, 0.2) is 0 Å². The van der Waals surface area contributed by atoms with Crippen LogP contribution in [0.25, 0.3) is 108 Å². The third-order valence-corrected chi connectivity index (χ3v) is 11.3.